The van der Waals surface area contributed by atoms with Crippen LogP contribution in [0.4, 0.5) is 13.2 Å². The largest absolute Gasteiger partial charge is 0.465 e. The standard InChI is InChI=1S/C12H13F3O3/c1-2-18-10(17)11(9(16)12(13,14)15)6-7-3-4-8(11)5-7/h3-4,7-8H,2,5-6H2,1H3/t7-,8+,11+/m1/s1. The van der Waals surface area contributed by atoms with Crippen LogP contribution in [0.3, 0.4) is 0 Å². The summed E-state index contributed by atoms with van der Waals surface area (Å²) in [5.41, 5.74) is -2.05. The lowest BCUT2D eigenvalue weighted by Crippen LogP contribution is -2.50. The van der Waals surface area contributed by atoms with Gasteiger partial charge in [-0.1, -0.05) is 12.2 Å². The van der Waals surface area contributed by atoms with Crippen molar-refractivity contribution in [3.63, 3.8) is 0 Å². The first kappa shape index (κ1) is 13.1. The number of esters is 1. The van der Waals surface area contributed by atoms with Gasteiger partial charge in [-0.25, -0.2) is 0 Å². The van der Waals surface area contributed by atoms with E-state index < -0.39 is 29.3 Å². The quantitative estimate of drug-likeness (QED) is 0.445. The highest BCUT2D eigenvalue weighted by molar-refractivity contribution is 6.07. The van der Waals surface area contributed by atoms with Crippen LogP contribution in [0.15, 0.2) is 12.2 Å². The molecule has 18 heavy (non-hydrogen) atoms. The van der Waals surface area contributed by atoms with Gasteiger partial charge < -0.3 is 4.74 Å². The van der Waals surface area contributed by atoms with Crippen LogP contribution in [0, 0.1) is 17.3 Å². The normalized spacial score (nSPS) is 33.8. The van der Waals surface area contributed by atoms with Gasteiger partial charge in [-0.3, -0.25) is 9.59 Å². The summed E-state index contributed by atoms with van der Waals surface area (Å²) in [6, 6.07) is 0. The first-order chi connectivity index (χ1) is 8.32. The summed E-state index contributed by atoms with van der Waals surface area (Å²) in [7, 11) is 0. The average molecular weight is 262 g/mol. The van der Waals surface area contributed by atoms with Crippen molar-refractivity contribution in [2.24, 2.45) is 17.3 Å². The van der Waals surface area contributed by atoms with E-state index in [4.69, 9.17) is 4.74 Å². The van der Waals surface area contributed by atoms with Gasteiger partial charge in [0.15, 0.2) is 0 Å². The molecule has 0 spiro atoms. The fourth-order valence-corrected chi connectivity index (χ4v) is 2.96. The minimum atomic E-state index is -5.01. The minimum absolute atomic E-state index is 0.0349. The first-order valence-electron chi connectivity index (χ1n) is 5.79. The summed E-state index contributed by atoms with van der Waals surface area (Å²) < 4.78 is 42.8. The Bertz CT molecular complexity index is 413. The first-order valence-corrected chi connectivity index (χ1v) is 5.79. The van der Waals surface area contributed by atoms with E-state index in [0.29, 0.717) is 6.42 Å². The maximum absolute atomic E-state index is 12.7. The number of carbonyl (C=O) groups excluding carboxylic acids is 2. The van der Waals surface area contributed by atoms with E-state index in [0.717, 1.165) is 0 Å². The number of ether oxygens (including phenoxy) is 1. The van der Waals surface area contributed by atoms with Crippen molar-refractivity contribution in [3.05, 3.63) is 12.2 Å². The molecule has 0 aromatic heterocycles. The van der Waals surface area contributed by atoms with E-state index in [1.165, 1.54) is 13.0 Å². The lowest BCUT2D eigenvalue weighted by atomic mass is 9.72. The molecule has 0 aromatic carbocycles. The summed E-state index contributed by atoms with van der Waals surface area (Å²) in [5, 5.41) is 0. The summed E-state index contributed by atoms with van der Waals surface area (Å²) in [4.78, 5) is 23.5. The molecule has 0 N–H and O–H groups in total. The molecule has 100 valence electrons. The molecule has 2 bridgehead atoms. The van der Waals surface area contributed by atoms with E-state index in [9.17, 15) is 22.8 Å². The van der Waals surface area contributed by atoms with E-state index in [2.05, 4.69) is 0 Å². The van der Waals surface area contributed by atoms with Crippen molar-refractivity contribution in [3.8, 4) is 0 Å². The Morgan fingerprint density at radius 1 is 1.39 bits per heavy atom. The maximum atomic E-state index is 12.7. The number of rotatable bonds is 3. The topological polar surface area (TPSA) is 43.4 Å². The summed E-state index contributed by atoms with van der Waals surface area (Å²) in [5.74, 6) is -3.82. The fourth-order valence-electron chi connectivity index (χ4n) is 2.96. The Morgan fingerprint density at radius 2 is 2.06 bits per heavy atom. The Morgan fingerprint density at radius 3 is 2.44 bits per heavy atom. The molecule has 0 amide bonds. The third kappa shape index (κ3) is 1.74. The zero-order valence-corrected chi connectivity index (χ0v) is 9.79. The minimum Gasteiger partial charge on any atom is -0.465 e. The molecular weight excluding hydrogens is 249 g/mol. The van der Waals surface area contributed by atoms with Crippen molar-refractivity contribution < 1.29 is 27.5 Å². The van der Waals surface area contributed by atoms with Gasteiger partial charge in [0.05, 0.1) is 6.61 Å². The van der Waals surface area contributed by atoms with Crippen LogP contribution in [0.5, 0.6) is 0 Å². The van der Waals surface area contributed by atoms with Crippen LogP contribution in [0.2, 0.25) is 0 Å². The third-order valence-corrected chi connectivity index (χ3v) is 3.69. The zero-order valence-electron chi connectivity index (χ0n) is 9.79. The predicted octanol–water partition coefficient (Wildman–Crippen LogP) is 2.26. The Balaban J connectivity index is 2.39. The second kappa shape index (κ2) is 4.10. The SMILES string of the molecule is CCOC(=O)[C@@]1(C(=O)C(F)(F)F)C[C@@H]2C=C[C@H]1C2. The maximum Gasteiger partial charge on any atom is 0.451 e. The molecule has 0 radical (unpaired) electrons. The lowest BCUT2D eigenvalue weighted by Gasteiger charge is -2.31. The van der Waals surface area contributed by atoms with Gasteiger partial charge in [-0.15, -0.1) is 0 Å². The molecular formula is C12H13F3O3. The number of carbonyl (C=O) groups is 2. The molecule has 0 unspecified atom stereocenters. The van der Waals surface area contributed by atoms with Crippen LogP contribution < -0.4 is 0 Å². The van der Waals surface area contributed by atoms with Gasteiger partial charge in [-0.2, -0.15) is 13.2 Å². The van der Waals surface area contributed by atoms with E-state index in [-0.39, 0.29) is 18.9 Å². The second-order valence-corrected chi connectivity index (χ2v) is 4.71. The van der Waals surface area contributed by atoms with Gasteiger partial charge >= 0.3 is 12.1 Å². The monoisotopic (exact) mass is 262 g/mol. The highest BCUT2D eigenvalue weighted by atomic mass is 19.4. The van der Waals surface area contributed by atoms with Crippen molar-refractivity contribution in [1.82, 2.24) is 0 Å². The van der Waals surface area contributed by atoms with Gasteiger partial charge in [0.1, 0.15) is 5.41 Å². The van der Waals surface area contributed by atoms with E-state index in [1.54, 1.807) is 6.08 Å². The highest BCUT2D eigenvalue weighted by Gasteiger charge is 2.65. The predicted molar refractivity (Wildman–Crippen MR) is 55.5 cm³/mol. The van der Waals surface area contributed by atoms with Gasteiger partial charge in [0.25, 0.3) is 5.78 Å². The number of ketones is 1. The van der Waals surface area contributed by atoms with Gasteiger partial charge in [-0.05, 0) is 25.7 Å². The molecule has 3 nitrogen and oxygen atoms in total. The zero-order chi connectivity index (χ0) is 13.6. The summed E-state index contributed by atoms with van der Waals surface area (Å²) in [6.07, 6.45) is -1.38. The Labute approximate surface area is 102 Å². The average Bonchev–Trinajstić information content (AvgIpc) is 2.87. The molecule has 0 saturated heterocycles. The van der Waals surface area contributed by atoms with Crippen LogP contribution in [-0.4, -0.2) is 24.5 Å². The number of hydrogen-bond donors (Lipinski definition) is 0. The number of fused-ring (bicyclic) bond motifs is 2. The number of hydrogen-bond acceptors (Lipinski definition) is 3. The number of Topliss-reactive ketones (excluding diaryl/α,β-unsaturated/α-hetero) is 1. The lowest BCUT2D eigenvalue weighted by molar-refractivity contribution is -0.191. The summed E-state index contributed by atoms with van der Waals surface area (Å²) in [6.45, 7) is 1.47. The highest BCUT2D eigenvalue weighted by Crippen LogP contribution is 2.55. The molecule has 1 saturated carbocycles. The van der Waals surface area contributed by atoms with Crippen molar-refractivity contribution in [2.45, 2.75) is 25.9 Å². The van der Waals surface area contributed by atoms with Gasteiger partial charge in [0, 0.05) is 5.92 Å². The molecule has 3 atom stereocenters. The third-order valence-electron chi connectivity index (χ3n) is 3.69. The molecule has 0 aromatic rings. The van der Waals surface area contributed by atoms with Gasteiger partial charge in [0.2, 0.25) is 0 Å². The molecule has 2 aliphatic rings. The smallest absolute Gasteiger partial charge is 0.451 e. The summed E-state index contributed by atoms with van der Waals surface area (Å²) >= 11 is 0. The molecule has 1 fully saturated rings. The van der Waals surface area contributed by atoms with Crippen LogP contribution >= 0.6 is 0 Å². The van der Waals surface area contributed by atoms with Crippen molar-refractivity contribution in [1.29, 1.82) is 0 Å². The number of allylic oxidation sites excluding steroid dienone is 2. The molecule has 0 heterocycles. The Hall–Kier alpha value is -1.33. The van der Waals surface area contributed by atoms with Crippen LogP contribution in [0.25, 0.3) is 0 Å². The van der Waals surface area contributed by atoms with Crippen LogP contribution in [-0.2, 0) is 14.3 Å². The fraction of sp³-hybridized carbons (Fsp3) is 0.667. The second-order valence-electron chi connectivity index (χ2n) is 4.71. The molecule has 6 heteroatoms. The van der Waals surface area contributed by atoms with E-state index in [1.807, 2.05) is 0 Å². The number of alkyl halides is 3. The van der Waals surface area contributed by atoms with E-state index >= 15 is 0 Å². The van der Waals surface area contributed by atoms with Crippen LogP contribution in [0.1, 0.15) is 19.8 Å². The molecule has 0 aliphatic heterocycles. The van der Waals surface area contributed by atoms with Crippen molar-refractivity contribution >= 4 is 11.8 Å². The van der Waals surface area contributed by atoms with Crippen molar-refractivity contribution in [2.75, 3.05) is 6.61 Å². The molecule has 2 rings (SSSR count). The Kier molecular flexibility index (Phi) is 2.99. The number of halogens is 3. The molecule has 2 aliphatic carbocycles.